The molecule has 2 unspecified atom stereocenters. The maximum atomic E-state index is 13.2. The molecule has 39 heavy (non-hydrogen) atoms. The standard InChI is InChI=1S/C29H32N8O2/c1-35(2)17-7-10-26(38)36-18-6-4-8-23(36)27-24-20-31-16-19-37(24,30)28(34-27)21-11-13-22(14-12-21)29(39)33-25-9-3-5-15-32-25/h3,5,7,9-16,19-20,23H,4,6,8,17-18,30H2,1-2H3/p+1/b10-7+. The predicted octanol–water partition coefficient (Wildman–Crippen LogP) is 3.05. The fourth-order valence-electron chi connectivity index (χ4n) is 4.99. The van der Waals surface area contributed by atoms with E-state index >= 15 is 0 Å². The minimum atomic E-state index is -0.256. The van der Waals surface area contributed by atoms with Gasteiger partial charge in [0.05, 0.1) is 24.0 Å². The summed E-state index contributed by atoms with van der Waals surface area (Å²) in [6.07, 6.45) is 13.1. The van der Waals surface area contributed by atoms with Gasteiger partial charge in [0.15, 0.2) is 0 Å². The maximum absolute atomic E-state index is 13.2. The predicted molar refractivity (Wildman–Crippen MR) is 151 cm³/mol. The number of fused-ring (bicyclic) bond motifs is 1. The maximum Gasteiger partial charge on any atom is 0.264 e. The van der Waals surface area contributed by atoms with Crippen LogP contribution in [0.25, 0.3) is 0 Å². The number of amidine groups is 1. The van der Waals surface area contributed by atoms with Gasteiger partial charge in [-0.2, -0.15) is 10.8 Å². The number of allylic oxidation sites excluding steroid dienone is 1. The molecule has 4 heterocycles. The number of piperidine rings is 1. The van der Waals surface area contributed by atoms with Crippen molar-refractivity contribution < 1.29 is 14.2 Å². The lowest BCUT2D eigenvalue weighted by Gasteiger charge is -2.35. The van der Waals surface area contributed by atoms with Gasteiger partial charge in [0.25, 0.3) is 11.7 Å². The van der Waals surface area contributed by atoms with Crippen molar-refractivity contribution in [2.75, 3.05) is 32.5 Å². The summed E-state index contributed by atoms with van der Waals surface area (Å²) < 4.78 is -0.146. The molecule has 200 valence electrons. The summed E-state index contributed by atoms with van der Waals surface area (Å²) in [5.74, 6) is 7.74. The highest BCUT2D eigenvalue weighted by Gasteiger charge is 2.47. The van der Waals surface area contributed by atoms with E-state index in [9.17, 15) is 9.59 Å². The monoisotopic (exact) mass is 525 g/mol. The number of carbonyl (C=O) groups is 2. The van der Waals surface area contributed by atoms with Gasteiger partial charge in [0.2, 0.25) is 11.6 Å². The van der Waals surface area contributed by atoms with Crippen molar-refractivity contribution >= 4 is 29.7 Å². The molecule has 10 heteroatoms. The zero-order valence-electron chi connectivity index (χ0n) is 22.2. The number of amides is 2. The van der Waals surface area contributed by atoms with Crippen LogP contribution in [0.1, 0.15) is 35.2 Å². The fourth-order valence-corrected chi connectivity index (χ4v) is 4.99. The number of rotatable bonds is 7. The van der Waals surface area contributed by atoms with Gasteiger partial charge in [0, 0.05) is 30.9 Å². The van der Waals surface area contributed by atoms with Gasteiger partial charge >= 0.3 is 0 Å². The number of hydrogen-bond donors (Lipinski definition) is 2. The Morgan fingerprint density at radius 1 is 1.18 bits per heavy atom. The number of nitrogens with two attached hydrogens (primary N) is 1. The Balaban J connectivity index is 1.43. The fraction of sp³-hybridized carbons (Fsp3) is 0.276. The topological polar surface area (TPSA) is 116 Å². The normalized spacial score (nSPS) is 22.4. The zero-order valence-corrected chi connectivity index (χ0v) is 22.2. The Bertz CT molecular complexity index is 1390. The number of pyridine rings is 1. The number of nitrogens with zero attached hydrogens (tertiary/aromatic N) is 6. The first kappa shape index (κ1) is 26.4. The molecule has 1 fully saturated rings. The van der Waals surface area contributed by atoms with Crippen LogP contribution in [0, 0.1) is 0 Å². The summed E-state index contributed by atoms with van der Waals surface area (Å²) in [6.45, 7) is 1.35. The molecule has 1 saturated heterocycles. The average Bonchev–Trinajstić information content (AvgIpc) is 3.26. The lowest BCUT2D eigenvalue weighted by Crippen LogP contribution is -2.53. The first-order valence-electron chi connectivity index (χ1n) is 13.0. The quantitative estimate of drug-likeness (QED) is 0.328. The average molecular weight is 526 g/mol. The third kappa shape index (κ3) is 5.49. The molecule has 2 aromatic rings. The number of likely N-dealkylation sites (N-methyl/N-ethyl adjacent to an activating group) is 1. The van der Waals surface area contributed by atoms with E-state index in [1.54, 1.807) is 55.2 Å². The van der Waals surface area contributed by atoms with E-state index in [1.165, 1.54) is 0 Å². The van der Waals surface area contributed by atoms with Crippen molar-refractivity contribution in [1.29, 1.82) is 0 Å². The van der Waals surface area contributed by atoms with E-state index in [0.29, 0.717) is 30.3 Å². The Morgan fingerprint density at radius 2 is 2.00 bits per heavy atom. The summed E-state index contributed by atoms with van der Waals surface area (Å²) in [6, 6.07) is 12.3. The zero-order chi connectivity index (χ0) is 27.4. The molecule has 0 spiro atoms. The molecule has 0 saturated carbocycles. The van der Waals surface area contributed by atoms with Gasteiger partial charge in [0.1, 0.15) is 17.7 Å². The minimum Gasteiger partial charge on any atom is -0.330 e. The van der Waals surface area contributed by atoms with Crippen LogP contribution in [0.4, 0.5) is 5.82 Å². The number of anilines is 1. The Hall–Kier alpha value is -4.25. The summed E-state index contributed by atoms with van der Waals surface area (Å²) in [5, 5.41) is 2.79. The van der Waals surface area contributed by atoms with Gasteiger partial charge in [-0.05, 0) is 69.8 Å². The largest absolute Gasteiger partial charge is 0.330 e. The van der Waals surface area contributed by atoms with E-state index in [2.05, 4.69) is 15.3 Å². The number of aliphatic imine (C=N–C) groups is 2. The van der Waals surface area contributed by atoms with E-state index in [4.69, 9.17) is 10.8 Å². The molecule has 2 amide bonds. The van der Waals surface area contributed by atoms with Crippen molar-refractivity contribution in [3.05, 3.63) is 95.7 Å². The van der Waals surface area contributed by atoms with Gasteiger partial charge < -0.3 is 15.1 Å². The number of carbonyl (C=O) groups excluding carboxylic acids is 2. The smallest absolute Gasteiger partial charge is 0.264 e. The first-order valence-corrected chi connectivity index (χ1v) is 13.0. The SMILES string of the molecule is CN(C)C/C=C/C(=O)N1CCCCC1C1=C2C=NC=C[N+]2(N)C(c2ccc(C(=O)Nc3ccccn3)cc2)=N1. The molecule has 1 aromatic heterocycles. The molecule has 2 atom stereocenters. The number of aromatic nitrogens is 1. The molecule has 1 aromatic carbocycles. The van der Waals surface area contributed by atoms with Gasteiger partial charge in [-0.1, -0.05) is 12.1 Å². The summed E-state index contributed by atoms with van der Waals surface area (Å²) in [7, 11) is 3.93. The number of quaternary nitrogens is 1. The van der Waals surface area contributed by atoms with Crippen molar-refractivity contribution in [2.24, 2.45) is 15.8 Å². The van der Waals surface area contributed by atoms with Crippen LogP contribution >= 0.6 is 0 Å². The number of likely N-dealkylation sites (tertiary alicyclic amines) is 1. The number of benzene rings is 1. The van der Waals surface area contributed by atoms with Crippen molar-refractivity contribution in [1.82, 2.24) is 14.8 Å². The van der Waals surface area contributed by atoms with Crippen LogP contribution < -0.4 is 11.2 Å². The molecule has 3 N–H and O–H groups in total. The van der Waals surface area contributed by atoms with Gasteiger partial charge in [-0.3, -0.25) is 14.6 Å². The van der Waals surface area contributed by atoms with Crippen molar-refractivity contribution in [3.63, 3.8) is 0 Å². The Morgan fingerprint density at radius 3 is 2.74 bits per heavy atom. The highest BCUT2D eigenvalue weighted by atomic mass is 16.2. The lowest BCUT2D eigenvalue weighted by molar-refractivity contribution is -0.750. The van der Waals surface area contributed by atoms with Gasteiger partial charge in [-0.15, -0.1) is 4.59 Å². The van der Waals surface area contributed by atoms with Crippen LogP contribution in [0.2, 0.25) is 0 Å². The summed E-state index contributed by atoms with van der Waals surface area (Å²) in [4.78, 5) is 43.3. The molecule has 0 aliphatic carbocycles. The molecule has 3 aliphatic rings. The Kier molecular flexibility index (Phi) is 7.60. The highest BCUT2D eigenvalue weighted by Crippen LogP contribution is 2.36. The summed E-state index contributed by atoms with van der Waals surface area (Å²) in [5.41, 5.74) is 2.77. The third-order valence-electron chi connectivity index (χ3n) is 6.97. The number of hydrogen-bond acceptors (Lipinski definition) is 7. The van der Waals surface area contributed by atoms with E-state index in [-0.39, 0.29) is 22.4 Å². The Labute approximate surface area is 228 Å². The molecular formula is C29H33N8O2+. The minimum absolute atomic E-state index is 0.0278. The van der Waals surface area contributed by atoms with Crippen LogP contribution in [0.3, 0.4) is 0 Å². The van der Waals surface area contributed by atoms with Crippen LogP contribution in [0.5, 0.6) is 0 Å². The third-order valence-corrected chi connectivity index (χ3v) is 6.97. The van der Waals surface area contributed by atoms with Crippen LogP contribution in [-0.2, 0) is 4.79 Å². The summed E-state index contributed by atoms with van der Waals surface area (Å²) >= 11 is 0. The van der Waals surface area contributed by atoms with E-state index in [0.717, 1.165) is 36.2 Å². The molecule has 0 bridgehead atoms. The van der Waals surface area contributed by atoms with Crippen LogP contribution in [-0.4, -0.2) is 76.5 Å². The molecule has 10 nitrogen and oxygen atoms in total. The molecular weight excluding hydrogens is 492 g/mol. The van der Waals surface area contributed by atoms with Crippen LogP contribution in [0.15, 0.2) is 94.6 Å². The van der Waals surface area contributed by atoms with E-state index < -0.39 is 0 Å². The van der Waals surface area contributed by atoms with Crippen molar-refractivity contribution in [2.45, 2.75) is 25.3 Å². The second-order valence-corrected chi connectivity index (χ2v) is 10.0. The van der Waals surface area contributed by atoms with Crippen molar-refractivity contribution in [3.8, 4) is 0 Å². The molecule has 5 rings (SSSR count). The molecule has 3 aliphatic heterocycles. The van der Waals surface area contributed by atoms with E-state index in [1.807, 2.05) is 48.2 Å². The molecule has 0 radical (unpaired) electrons. The second kappa shape index (κ2) is 11.2. The lowest BCUT2D eigenvalue weighted by atomic mass is 9.98. The second-order valence-electron chi connectivity index (χ2n) is 10.0. The van der Waals surface area contributed by atoms with Gasteiger partial charge in [-0.25, -0.2) is 4.98 Å². The highest BCUT2D eigenvalue weighted by molar-refractivity contribution is 6.05. The first-order chi connectivity index (χ1) is 18.9. The number of nitrogens with one attached hydrogen (secondary N) is 1.